The van der Waals surface area contributed by atoms with E-state index in [1.54, 1.807) is 14.0 Å². The molecule has 1 aromatic carbocycles. The zero-order chi connectivity index (χ0) is 14.8. The molecule has 3 rings (SSSR count). The van der Waals surface area contributed by atoms with E-state index < -0.39 is 6.10 Å². The highest BCUT2D eigenvalue weighted by atomic mass is 16.5. The highest BCUT2D eigenvalue weighted by Gasteiger charge is 2.30. The van der Waals surface area contributed by atoms with Crippen LogP contribution in [0.5, 0.6) is 5.75 Å². The van der Waals surface area contributed by atoms with E-state index in [0.717, 1.165) is 5.69 Å². The van der Waals surface area contributed by atoms with Gasteiger partial charge in [0.05, 0.1) is 18.8 Å². The molecule has 1 aliphatic rings. The maximum absolute atomic E-state index is 11.9. The van der Waals surface area contributed by atoms with E-state index >= 15 is 0 Å². The molecule has 0 unspecified atom stereocenters. The molecule has 2 heterocycles. The summed E-state index contributed by atoms with van der Waals surface area (Å²) in [5.41, 5.74) is 0.911. The Labute approximate surface area is 121 Å². The predicted octanol–water partition coefficient (Wildman–Crippen LogP) is 0.892. The number of amides is 1. The molecule has 0 radical (unpaired) electrons. The number of fused-ring (bicyclic) bond motifs is 1. The fourth-order valence-corrected chi connectivity index (χ4v) is 2.32. The Morgan fingerprint density at radius 3 is 3.00 bits per heavy atom. The first kappa shape index (κ1) is 13.4. The van der Waals surface area contributed by atoms with Crippen molar-refractivity contribution in [3.05, 3.63) is 36.0 Å². The third kappa shape index (κ3) is 2.67. The van der Waals surface area contributed by atoms with Crippen molar-refractivity contribution in [2.24, 2.45) is 0 Å². The molecule has 1 aliphatic heterocycles. The lowest BCUT2D eigenvalue weighted by Gasteiger charge is -2.34. The lowest BCUT2D eigenvalue weighted by molar-refractivity contribution is -0.127. The number of ether oxygens (including phenoxy) is 1. The minimum Gasteiger partial charge on any atom is -0.477 e. The zero-order valence-corrected chi connectivity index (χ0v) is 11.9. The molecular formula is C14H16N4O3. The number of aromatic nitrogens is 2. The van der Waals surface area contributed by atoms with E-state index in [1.807, 2.05) is 29.2 Å². The van der Waals surface area contributed by atoms with Crippen molar-refractivity contribution in [1.82, 2.24) is 15.5 Å². The first-order valence-electron chi connectivity index (χ1n) is 6.69. The number of carbonyl (C=O) groups excluding carboxylic acids is 1. The minimum absolute atomic E-state index is 0.156. The molecule has 7 nitrogen and oxygen atoms in total. The van der Waals surface area contributed by atoms with Gasteiger partial charge in [-0.3, -0.25) is 4.79 Å². The van der Waals surface area contributed by atoms with Crippen LogP contribution in [0.3, 0.4) is 0 Å². The molecule has 7 heteroatoms. The normalized spacial score (nSPS) is 17.0. The summed E-state index contributed by atoms with van der Waals surface area (Å²) in [6, 6.07) is 7.59. The lowest BCUT2D eigenvalue weighted by Crippen LogP contribution is -2.48. The molecule has 21 heavy (non-hydrogen) atoms. The van der Waals surface area contributed by atoms with Crippen molar-refractivity contribution >= 4 is 11.6 Å². The van der Waals surface area contributed by atoms with Crippen molar-refractivity contribution < 1.29 is 14.1 Å². The summed E-state index contributed by atoms with van der Waals surface area (Å²) in [4.78, 5) is 18.1. The van der Waals surface area contributed by atoms with Crippen molar-refractivity contribution in [1.29, 1.82) is 0 Å². The van der Waals surface area contributed by atoms with Crippen molar-refractivity contribution in [3.8, 4) is 5.75 Å². The average molecular weight is 288 g/mol. The Kier molecular flexibility index (Phi) is 3.47. The first-order chi connectivity index (χ1) is 10.2. The Morgan fingerprint density at radius 2 is 2.29 bits per heavy atom. The second-order valence-corrected chi connectivity index (χ2v) is 4.80. The molecule has 0 bridgehead atoms. The van der Waals surface area contributed by atoms with Gasteiger partial charge in [0.2, 0.25) is 5.89 Å². The maximum Gasteiger partial charge on any atom is 0.262 e. The van der Waals surface area contributed by atoms with Crippen LogP contribution < -0.4 is 15.0 Å². The lowest BCUT2D eigenvalue weighted by atomic mass is 10.2. The van der Waals surface area contributed by atoms with E-state index in [9.17, 15) is 4.79 Å². The zero-order valence-electron chi connectivity index (χ0n) is 11.9. The molecule has 2 aromatic rings. The van der Waals surface area contributed by atoms with Gasteiger partial charge in [-0.15, -0.1) is 0 Å². The Hall–Kier alpha value is -2.57. The number of aryl methyl sites for hydroxylation is 1. The molecule has 1 N–H and O–H groups in total. The number of rotatable bonds is 3. The van der Waals surface area contributed by atoms with E-state index in [1.165, 1.54) is 0 Å². The molecule has 1 amide bonds. The number of nitrogens with one attached hydrogen (secondary N) is 1. The van der Waals surface area contributed by atoms with Crippen molar-refractivity contribution in [2.75, 3.05) is 18.5 Å². The number of hydrogen-bond acceptors (Lipinski definition) is 6. The van der Waals surface area contributed by atoms with E-state index in [2.05, 4.69) is 15.5 Å². The number of nitrogens with zero attached hydrogens (tertiary/aromatic N) is 3. The number of anilines is 1. The monoisotopic (exact) mass is 288 g/mol. The molecule has 0 spiro atoms. The summed E-state index contributed by atoms with van der Waals surface area (Å²) >= 11 is 0. The third-order valence-electron chi connectivity index (χ3n) is 3.30. The molecule has 0 saturated carbocycles. The first-order valence-corrected chi connectivity index (χ1v) is 6.69. The van der Waals surface area contributed by atoms with Gasteiger partial charge in [0.15, 0.2) is 11.9 Å². The molecular weight excluding hydrogens is 272 g/mol. The molecule has 1 aromatic heterocycles. The minimum atomic E-state index is -0.561. The maximum atomic E-state index is 11.9. The van der Waals surface area contributed by atoms with Crippen LogP contribution in [0.1, 0.15) is 11.7 Å². The van der Waals surface area contributed by atoms with Gasteiger partial charge >= 0.3 is 0 Å². The van der Waals surface area contributed by atoms with Gasteiger partial charge in [-0.1, -0.05) is 17.3 Å². The molecule has 0 saturated heterocycles. The van der Waals surface area contributed by atoms with E-state index in [-0.39, 0.29) is 5.91 Å². The Morgan fingerprint density at radius 1 is 1.48 bits per heavy atom. The average Bonchev–Trinajstić information content (AvgIpc) is 2.91. The van der Waals surface area contributed by atoms with Gasteiger partial charge in [-0.2, -0.15) is 4.98 Å². The summed E-state index contributed by atoms with van der Waals surface area (Å²) in [5.74, 6) is 1.62. The van der Waals surface area contributed by atoms with Gasteiger partial charge in [0.1, 0.15) is 5.75 Å². The van der Waals surface area contributed by atoms with Crippen molar-refractivity contribution in [2.45, 2.75) is 19.6 Å². The van der Waals surface area contributed by atoms with Gasteiger partial charge in [0, 0.05) is 7.05 Å². The summed E-state index contributed by atoms with van der Waals surface area (Å²) in [6.45, 7) is 2.64. The molecule has 1 atom stereocenters. The topological polar surface area (TPSA) is 80.5 Å². The fraction of sp³-hybridized carbons (Fsp3) is 0.357. The summed E-state index contributed by atoms with van der Waals surface area (Å²) < 4.78 is 10.9. The van der Waals surface area contributed by atoms with E-state index in [0.29, 0.717) is 30.6 Å². The number of hydrogen-bond donors (Lipinski definition) is 1. The summed E-state index contributed by atoms with van der Waals surface area (Å²) in [5, 5.41) is 6.40. The number of likely N-dealkylation sites (N-methyl/N-ethyl adjacent to an activating group) is 1. The number of para-hydroxylation sites is 2. The van der Waals surface area contributed by atoms with Crippen LogP contribution >= 0.6 is 0 Å². The Balaban J connectivity index is 1.88. The molecule has 110 valence electrons. The molecule has 0 aliphatic carbocycles. The Bertz CT molecular complexity index is 655. The molecule has 0 fully saturated rings. The van der Waals surface area contributed by atoms with Crippen LogP contribution in [0, 0.1) is 6.92 Å². The number of carbonyl (C=O) groups is 1. The highest BCUT2D eigenvalue weighted by molar-refractivity contribution is 5.83. The predicted molar refractivity (Wildman–Crippen MR) is 75.0 cm³/mol. The second-order valence-electron chi connectivity index (χ2n) is 4.80. The third-order valence-corrected chi connectivity index (χ3v) is 3.30. The fourth-order valence-electron chi connectivity index (χ4n) is 2.32. The second kappa shape index (κ2) is 5.43. The van der Waals surface area contributed by atoms with Crippen LogP contribution in [0.15, 0.2) is 28.8 Å². The van der Waals surface area contributed by atoms with Gasteiger partial charge < -0.3 is 19.5 Å². The standard InChI is InChI=1S/C14H16N4O3/c1-9-16-13(21-17-9)8-18-7-12(14(19)15-2)20-11-6-4-3-5-10(11)18/h3-6,12H,7-8H2,1-2H3,(H,15,19)/t12-/m1/s1. The van der Waals surface area contributed by atoms with Crippen molar-refractivity contribution in [3.63, 3.8) is 0 Å². The summed E-state index contributed by atoms with van der Waals surface area (Å²) in [6.07, 6.45) is -0.561. The van der Waals surface area contributed by atoms with Gasteiger partial charge in [0.25, 0.3) is 5.91 Å². The van der Waals surface area contributed by atoms with Crippen LogP contribution in [0.4, 0.5) is 5.69 Å². The van der Waals surface area contributed by atoms with Gasteiger partial charge in [-0.05, 0) is 19.1 Å². The van der Waals surface area contributed by atoms with E-state index in [4.69, 9.17) is 9.26 Å². The van der Waals surface area contributed by atoms with Crippen LogP contribution in [-0.2, 0) is 11.3 Å². The highest BCUT2D eigenvalue weighted by Crippen LogP contribution is 2.33. The van der Waals surface area contributed by atoms with Gasteiger partial charge in [-0.25, -0.2) is 0 Å². The van der Waals surface area contributed by atoms with Crippen LogP contribution in [0.2, 0.25) is 0 Å². The smallest absolute Gasteiger partial charge is 0.262 e. The van der Waals surface area contributed by atoms with Crippen LogP contribution in [-0.4, -0.2) is 35.7 Å². The quantitative estimate of drug-likeness (QED) is 0.903. The van der Waals surface area contributed by atoms with Crippen LogP contribution in [0.25, 0.3) is 0 Å². The largest absolute Gasteiger partial charge is 0.477 e. The number of benzene rings is 1. The SMILES string of the molecule is CNC(=O)[C@H]1CN(Cc2nc(C)no2)c2ccccc2O1. The summed E-state index contributed by atoms with van der Waals surface area (Å²) in [7, 11) is 1.60.